The minimum absolute atomic E-state index is 0.354. The first-order chi connectivity index (χ1) is 8.31. The number of aliphatic hydroxyl groups excluding tert-OH is 1. The number of hydrogen-bond donors (Lipinski definition) is 1. The largest absolute Gasteiger partial charge is 0.508 e. The summed E-state index contributed by atoms with van der Waals surface area (Å²) in [6.07, 6.45) is 2.66. The first-order valence-electron chi connectivity index (χ1n) is 5.86. The van der Waals surface area contributed by atoms with Crippen LogP contribution in [0.5, 0.6) is 0 Å². The zero-order valence-electron chi connectivity index (χ0n) is 9.93. The van der Waals surface area contributed by atoms with Crippen LogP contribution < -0.4 is 0 Å². The standard InChI is InChI=1S/C16H16O/c1-2-6-16(17)15-11-9-14(10-12-15)13-7-4-3-5-8-13/h3-12,17H,2H2,1H3/b16-6+. The zero-order valence-corrected chi connectivity index (χ0v) is 9.93. The highest BCUT2D eigenvalue weighted by molar-refractivity contribution is 5.67. The Morgan fingerprint density at radius 3 is 2.12 bits per heavy atom. The Labute approximate surface area is 102 Å². The smallest absolute Gasteiger partial charge is 0.118 e. The van der Waals surface area contributed by atoms with Gasteiger partial charge in [0, 0.05) is 5.56 Å². The van der Waals surface area contributed by atoms with Crippen LogP contribution in [-0.2, 0) is 0 Å². The molecule has 1 N–H and O–H groups in total. The normalized spacial score (nSPS) is 11.5. The molecule has 0 aliphatic heterocycles. The second kappa shape index (κ2) is 5.35. The lowest BCUT2D eigenvalue weighted by Gasteiger charge is -2.04. The van der Waals surface area contributed by atoms with Crippen LogP contribution in [0.25, 0.3) is 16.9 Å². The van der Waals surface area contributed by atoms with Crippen molar-refractivity contribution in [3.05, 3.63) is 66.2 Å². The summed E-state index contributed by atoms with van der Waals surface area (Å²) in [5.41, 5.74) is 3.23. The minimum atomic E-state index is 0.354. The molecular formula is C16H16O. The van der Waals surface area contributed by atoms with Gasteiger partial charge in [0.05, 0.1) is 0 Å². The third-order valence-electron chi connectivity index (χ3n) is 2.69. The molecule has 0 spiro atoms. The summed E-state index contributed by atoms with van der Waals surface area (Å²) in [5, 5.41) is 9.74. The van der Waals surface area contributed by atoms with Crippen molar-refractivity contribution in [1.82, 2.24) is 0 Å². The zero-order chi connectivity index (χ0) is 12.1. The van der Waals surface area contributed by atoms with Crippen molar-refractivity contribution in [2.45, 2.75) is 13.3 Å². The van der Waals surface area contributed by atoms with Gasteiger partial charge in [-0.3, -0.25) is 0 Å². The van der Waals surface area contributed by atoms with E-state index in [-0.39, 0.29) is 0 Å². The Morgan fingerprint density at radius 1 is 0.941 bits per heavy atom. The lowest BCUT2D eigenvalue weighted by molar-refractivity contribution is 0.509. The van der Waals surface area contributed by atoms with E-state index in [0.29, 0.717) is 5.76 Å². The molecule has 1 nitrogen and oxygen atoms in total. The van der Waals surface area contributed by atoms with Crippen LogP contribution in [0.1, 0.15) is 18.9 Å². The van der Waals surface area contributed by atoms with Gasteiger partial charge in [-0.2, -0.15) is 0 Å². The third-order valence-corrected chi connectivity index (χ3v) is 2.69. The van der Waals surface area contributed by atoms with Crippen LogP contribution in [0.3, 0.4) is 0 Å². The number of aliphatic hydroxyl groups is 1. The molecule has 0 aliphatic carbocycles. The molecule has 0 unspecified atom stereocenters. The maximum absolute atomic E-state index is 9.74. The monoisotopic (exact) mass is 224 g/mol. The van der Waals surface area contributed by atoms with E-state index in [2.05, 4.69) is 12.1 Å². The maximum atomic E-state index is 9.74. The van der Waals surface area contributed by atoms with E-state index in [1.807, 2.05) is 55.5 Å². The van der Waals surface area contributed by atoms with Crippen molar-refractivity contribution in [3.63, 3.8) is 0 Å². The summed E-state index contributed by atoms with van der Waals surface area (Å²) in [4.78, 5) is 0. The maximum Gasteiger partial charge on any atom is 0.118 e. The molecule has 0 radical (unpaired) electrons. The Bertz CT molecular complexity index is 495. The molecule has 0 aromatic heterocycles. The van der Waals surface area contributed by atoms with Gasteiger partial charge in [-0.25, -0.2) is 0 Å². The predicted octanol–water partition coefficient (Wildman–Crippen LogP) is 4.66. The second-order valence-corrected chi connectivity index (χ2v) is 3.94. The van der Waals surface area contributed by atoms with Gasteiger partial charge in [-0.05, 0) is 23.6 Å². The lowest BCUT2D eigenvalue weighted by atomic mass is 10.0. The highest BCUT2D eigenvalue weighted by Crippen LogP contribution is 2.21. The third kappa shape index (κ3) is 2.76. The molecule has 0 fully saturated rings. The summed E-state index contributed by atoms with van der Waals surface area (Å²) < 4.78 is 0. The average molecular weight is 224 g/mol. The predicted molar refractivity (Wildman–Crippen MR) is 72.8 cm³/mol. The lowest BCUT2D eigenvalue weighted by Crippen LogP contribution is -1.83. The topological polar surface area (TPSA) is 20.2 Å². The SMILES string of the molecule is CC/C=C(/O)c1ccc(-c2ccccc2)cc1. The molecule has 2 aromatic carbocycles. The fourth-order valence-corrected chi connectivity index (χ4v) is 1.78. The highest BCUT2D eigenvalue weighted by Gasteiger charge is 1.99. The van der Waals surface area contributed by atoms with Crippen LogP contribution in [-0.4, -0.2) is 5.11 Å². The van der Waals surface area contributed by atoms with Crippen molar-refractivity contribution in [2.75, 3.05) is 0 Å². The van der Waals surface area contributed by atoms with Gasteiger partial charge in [0.25, 0.3) is 0 Å². The van der Waals surface area contributed by atoms with Crippen molar-refractivity contribution in [1.29, 1.82) is 0 Å². The molecule has 2 aromatic rings. The summed E-state index contributed by atoms with van der Waals surface area (Å²) in [7, 11) is 0. The number of rotatable bonds is 3. The fourth-order valence-electron chi connectivity index (χ4n) is 1.78. The van der Waals surface area contributed by atoms with E-state index in [1.54, 1.807) is 0 Å². The summed E-state index contributed by atoms with van der Waals surface area (Å²) in [5.74, 6) is 0.354. The molecule has 2 rings (SSSR count). The van der Waals surface area contributed by atoms with Crippen molar-refractivity contribution >= 4 is 5.76 Å². The molecule has 0 amide bonds. The van der Waals surface area contributed by atoms with Crippen molar-refractivity contribution in [3.8, 4) is 11.1 Å². The van der Waals surface area contributed by atoms with E-state index >= 15 is 0 Å². The molecule has 0 aliphatic rings. The molecule has 0 bridgehead atoms. The van der Waals surface area contributed by atoms with Gasteiger partial charge in [0.2, 0.25) is 0 Å². The van der Waals surface area contributed by atoms with Gasteiger partial charge in [0.15, 0.2) is 0 Å². The Morgan fingerprint density at radius 2 is 1.53 bits per heavy atom. The van der Waals surface area contributed by atoms with Crippen LogP contribution >= 0.6 is 0 Å². The van der Waals surface area contributed by atoms with Crippen LogP contribution in [0, 0.1) is 0 Å². The number of benzene rings is 2. The molecule has 0 atom stereocenters. The average Bonchev–Trinajstić information content (AvgIpc) is 2.40. The van der Waals surface area contributed by atoms with Crippen LogP contribution in [0.2, 0.25) is 0 Å². The second-order valence-electron chi connectivity index (χ2n) is 3.94. The van der Waals surface area contributed by atoms with Crippen LogP contribution in [0.4, 0.5) is 0 Å². The summed E-state index contributed by atoms with van der Waals surface area (Å²) in [6, 6.07) is 18.2. The quantitative estimate of drug-likeness (QED) is 0.751. The van der Waals surface area contributed by atoms with Crippen molar-refractivity contribution in [2.24, 2.45) is 0 Å². The Kier molecular flexibility index (Phi) is 3.61. The molecule has 0 heterocycles. The van der Waals surface area contributed by atoms with Gasteiger partial charge in [-0.15, -0.1) is 0 Å². The van der Waals surface area contributed by atoms with E-state index in [4.69, 9.17) is 0 Å². The fraction of sp³-hybridized carbons (Fsp3) is 0.125. The molecular weight excluding hydrogens is 208 g/mol. The Balaban J connectivity index is 2.28. The number of allylic oxidation sites excluding steroid dienone is 1. The molecule has 1 heteroatoms. The Hall–Kier alpha value is -2.02. The van der Waals surface area contributed by atoms with Crippen LogP contribution in [0.15, 0.2) is 60.7 Å². The first kappa shape index (κ1) is 11.5. The van der Waals surface area contributed by atoms with Gasteiger partial charge < -0.3 is 5.11 Å². The van der Waals surface area contributed by atoms with Crippen molar-refractivity contribution < 1.29 is 5.11 Å². The van der Waals surface area contributed by atoms with E-state index in [9.17, 15) is 5.11 Å². The summed E-state index contributed by atoms with van der Waals surface area (Å²) in [6.45, 7) is 2.01. The molecule has 17 heavy (non-hydrogen) atoms. The molecule has 0 saturated heterocycles. The van der Waals surface area contributed by atoms with Gasteiger partial charge in [0.1, 0.15) is 5.76 Å². The first-order valence-corrected chi connectivity index (χ1v) is 5.86. The summed E-state index contributed by atoms with van der Waals surface area (Å²) >= 11 is 0. The van der Waals surface area contributed by atoms with Gasteiger partial charge in [-0.1, -0.05) is 61.5 Å². The molecule has 86 valence electrons. The van der Waals surface area contributed by atoms with E-state index in [1.165, 1.54) is 11.1 Å². The highest BCUT2D eigenvalue weighted by atomic mass is 16.3. The number of hydrogen-bond acceptors (Lipinski definition) is 1. The van der Waals surface area contributed by atoms with E-state index < -0.39 is 0 Å². The minimum Gasteiger partial charge on any atom is -0.508 e. The van der Waals surface area contributed by atoms with E-state index in [0.717, 1.165) is 12.0 Å². The molecule has 0 saturated carbocycles. The van der Waals surface area contributed by atoms with Gasteiger partial charge >= 0.3 is 0 Å².